The maximum absolute atomic E-state index is 11.0. The lowest BCUT2D eigenvalue weighted by molar-refractivity contribution is -0.130. The maximum Gasteiger partial charge on any atom is 0.312 e. The fraction of sp³-hybridized carbons (Fsp3) is 0.667. The van der Waals surface area contributed by atoms with Gasteiger partial charge in [-0.25, -0.2) is 4.79 Å². The van der Waals surface area contributed by atoms with Crippen molar-refractivity contribution in [3.8, 4) is 0 Å². The first-order valence-corrected chi connectivity index (χ1v) is 3.22. The van der Waals surface area contributed by atoms with Crippen LogP contribution in [0.25, 0.3) is 0 Å². The number of urea groups is 1. The molecule has 1 atom stereocenters. The molecule has 0 aliphatic rings. The molecule has 0 aromatic heterocycles. The van der Waals surface area contributed by atoms with E-state index in [1.807, 2.05) is 0 Å². The minimum atomic E-state index is -0.687. The van der Waals surface area contributed by atoms with Crippen molar-refractivity contribution in [1.82, 2.24) is 10.2 Å². The predicted octanol–water partition coefficient (Wildman–Crippen LogP) is -0.869. The summed E-state index contributed by atoms with van der Waals surface area (Å²) in [6.45, 7) is 1.58. The quantitative estimate of drug-likeness (QED) is 0.549. The molecule has 0 bridgehead atoms. The van der Waals surface area contributed by atoms with Crippen LogP contribution in [0.15, 0.2) is 0 Å². The van der Waals surface area contributed by atoms with Crippen molar-refractivity contribution in [3.05, 3.63) is 0 Å². The largest absolute Gasteiger partial charge is 0.352 e. The molecular formula is C6H13N3O2. The molecule has 5 heteroatoms. The van der Waals surface area contributed by atoms with Crippen LogP contribution >= 0.6 is 0 Å². The second-order valence-corrected chi connectivity index (χ2v) is 2.46. The van der Waals surface area contributed by atoms with Gasteiger partial charge in [0.25, 0.3) is 0 Å². The molecule has 64 valence electrons. The molecule has 5 nitrogen and oxygen atoms in total. The Morgan fingerprint density at radius 2 is 1.91 bits per heavy atom. The molecule has 0 heterocycles. The number of carbonyl (C=O) groups excluding carboxylic acids is 2. The van der Waals surface area contributed by atoms with E-state index in [2.05, 4.69) is 5.32 Å². The van der Waals surface area contributed by atoms with Crippen LogP contribution in [0.4, 0.5) is 4.79 Å². The van der Waals surface area contributed by atoms with E-state index in [-0.39, 0.29) is 5.91 Å². The molecule has 0 spiro atoms. The number of rotatable bonds is 2. The lowest BCUT2D eigenvalue weighted by atomic mass is 10.3. The van der Waals surface area contributed by atoms with Gasteiger partial charge in [-0.3, -0.25) is 4.79 Å². The van der Waals surface area contributed by atoms with Crippen LogP contribution in [0, 0.1) is 0 Å². The number of nitrogens with two attached hydrogens (primary N) is 1. The van der Waals surface area contributed by atoms with Crippen molar-refractivity contribution in [2.75, 3.05) is 14.1 Å². The topological polar surface area (TPSA) is 75.4 Å². The molecule has 0 saturated heterocycles. The first-order chi connectivity index (χ1) is 4.95. The average molecular weight is 159 g/mol. The Balaban J connectivity index is 3.93. The maximum atomic E-state index is 11.0. The Morgan fingerprint density at radius 1 is 1.45 bits per heavy atom. The van der Waals surface area contributed by atoms with Gasteiger partial charge < -0.3 is 16.0 Å². The van der Waals surface area contributed by atoms with Crippen LogP contribution in [0.2, 0.25) is 0 Å². The first kappa shape index (κ1) is 9.74. The number of likely N-dealkylation sites (N-methyl/N-ethyl adjacent to an activating group) is 1. The third kappa shape index (κ3) is 3.44. The van der Waals surface area contributed by atoms with Gasteiger partial charge in [-0.2, -0.15) is 0 Å². The first-order valence-electron chi connectivity index (χ1n) is 3.22. The second kappa shape index (κ2) is 3.80. The predicted molar refractivity (Wildman–Crippen MR) is 40.9 cm³/mol. The highest BCUT2D eigenvalue weighted by molar-refractivity contribution is 5.85. The van der Waals surface area contributed by atoms with E-state index in [0.29, 0.717) is 0 Å². The number of carbonyl (C=O) groups is 2. The number of hydrogen-bond acceptors (Lipinski definition) is 2. The van der Waals surface area contributed by atoms with Crippen LogP contribution in [0.3, 0.4) is 0 Å². The van der Waals surface area contributed by atoms with E-state index < -0.39 is 12.1 Å². The number of nitrogens with zero attached hydrogens (tertiary/aromatic N) is 1. The molecule has 0 aliphatic carbocycles. The standard InChI is InChI=1S/C6H13N3O2/c1-4(8-6(7)11)5(10)9(2)3/h4H,1-3H3,(H3,7,8,11)/t4-/m0/s1. The third-order valence-electron chi connectivity index (χ3n) is 1.17. The van der Waals surface area contributed by atoms with E-state index in [1.54, 1.807) is 21.0 Å². The van der Waals surface area contributed by atoms with Gasteiger partial charge in [0.15, 0.2) is 0 Å². The highest BCUT2D eigenvalue weighted by atomic mass is 16.2. The van der Waals surface area contributed by atoms with Crippen LogP contribution in [0.1, 0.15) is 6.92 Å². The van der Waals surface area contributed by atoms with Crippen molar-refractivity contribution in [2.24, 2.45) is 5.73 Å². The Labute approximate surface area is 65.5 Å². The SMILES string of the molecule is C[C@H](NC(N)=O)C(=O)N(C)C. The molecule has 0 aliphatic heterocycles. The average Bonchev–Trinajstić information content (AvgIpc) is 1.84. The summed E-state index contributed by atoms with van der Waals surface area (Å²) in [4.78, 5) is 22.7. The van der Waals surface area contributed by atoms with Gasteiger partial charge in [-0.15, -0.1) is 0 Å². The Hall–Kier alpha value is -1.26. The summed E-state index contributed by atoms with van der Waals surface area (Å²) in [7, 11) is 3.23. The van der Waals surface area contributed by atoms with E-state index in [0.717, 1.165) is 0 Å². The summed E-state index contributed by atoms with van der Waals surface area (Å²) in [6.07, 6.45) is 0. The third-order valence-corrected chi connectivity index (χ3v) is 1.17. The minimum absolute atomic E-state index is 0.177. The Morgan fingerprint density at radius 3 is 2.18 bits per heavy atom. The summed E-state index contributed by atoms with van der Waals surface area (Å²) in [5.74, 6) is -0.177. The highest BCUT2D eigenvalue weighted by Crippen LogP contribution is 1.86. The van der Waals surface area contributed by atoms with Gasteiger partial charge in [0.05, 0.1) is 0 Å². The smallest absolute Gasteiger partial charge is 0.312 e. The van der Waals surface area contributed by atoms with Crippen molar-refractivity contribution in [2.45, 2.75) is 13.0 Å². The molecule has 0 unspecified atom stereocenters. The highest BCUT2D eigenvalue weighted by Gasteiger charge is 2.14. The minimum Gasteiger partial charge on any atom is -0.352 e. The number of amides is 3. The zero-order valence-electron chi connectivity index (χ0n) is 6.92. The van der Waals surface area contributed by atoms with Gasteiger partial charge in [0.2, 0.25) is 5.91 Å². The molecule has 0 fully saturated rings. The Kier molecular flexibility index (Phi) is 3.36. The van der Waals surface area contributed by atoms with Crippen LogP contribution in [-0.4, -0.2) is 37.0 Å². The summed E-state index contributed by atoms with van der Waals surface area (Å²) < 4.78 is 0. The van der Waals surface area contributed by atoms with E-state index >= 15 is 0 Å². The van der Waals surface area contributed by atoms with Gasteiger partial charge in [0, 0.05) is 14.1 Å². The number of primary amides is 1. The fourth-order valence-corrected chi connectivity index (χ4v) is 0.662. The summed E-state index contributed by atoms with van der Waals surface area (Å²) in [5, 5.41) is 2.27. The van der Waals surface area contributed by atoms with Crippen LogP contribution in [0.5, 0.6) is 0 Å². The molecule has 3 N–H and O–H groups in total. The zero-order valence-corrected chi connectivity index (χ0v) is 6.92. The summed E-state index contributed by atoms with van der Waals surface area (Å²) in [6, 6.07) is -1.24. The van der Waals surface area contributed by atoms with E-state index in [9.17, 15) is 9.59 Å². The fourth-order valence-electron chi connectivity index (χ4n) is 0.662. The molecule has 0 saturated carbocycles. The number of hydrogen-bond donors (Lipinski definition) is 2. The Bertz CT molecular complexity index is 167. The molecule has 3 amide bonds. The monoisotopic (exact) mass is 159 g/mol. The van der Waals surface area contributed by atoms with Gasteiger partial charge in [-0.1, -0.05) is 0 Å². The lowest BCUT2D eigenvalue weighted by Gasteiger charge is -2.16. The zero-order chi connectivity index (χ0) is 9.02. The summed E-state index contributed by atoms with van der Waals surface area (Å²) in [5.41, 5.74) is 4.81. The molecule has 0 rings (SSSR count). The van der Waals surface area contributed by atoms with Gasteiger partial charge in [0.1, 0.15) is 6.04 Å². The van der Waals surface area contributed by atoms with E-state index in [4.69, 9.17) is 5.73 Å². The van der Waals surface area contributed by atoms with Gasteiger partial charge >= 0.3 is 6.03 Å². The van der Waals surface area contributed by atoms with E-state index in [1.165, 1.54) is 4.90 Å². The molecule has 0 radical (unpaired) electrons. The van der Waals surface area contributed by atoms with Crippen molar-refractivity contribution in [3.63, 3.8) is 0 Å². The normalized spacial score (nSPS) is 11.9. The number of nitrogens with one attached hydrogen (secondary N) is 1. The van der Waals surface area contributed by atoms with Crippen LogP contribution in [-0.2, 0) is 4.79 Å². The molecular weight excluding hydrogens is 146 g/mol. The van der Waals surface area contributed by atoms with Crippen molar-refractivity contribution < 1.29 is 9.59 Å². The summed E-state index contributed by atoms with van der Waals surface area (Å²) >= 11 is 0. The van der Waals surface area contributed by atoms with Crippen molar-refractivity contribution in [1.29, 1.82) is 0 Å². The molecule has 0 aromatic carbocycles. The van der Waals surface area contributed by atoms with Crippen LogP contribution < -0.4 is 11.1 Å². The van der Waals surface area contributed by atoms with Crippen molar-refractivity contribution >= 4 is 11.9 Å². The second-order valence-electron chi connectivity index (χ2n) is 2.46. The van der Waals surface area contributed by atoms with Gasteiger partial charge in [-0.05, 0) is 6.92 Å². The lowest BCUT2D eigenvalue weighted by Crippen LogP contribution is -2.46. The molecule has 0 aromatic rings. The molecule has 11 heavy (non-hydrogen) atoms.